The van der Waals surface area contributed by atoms with Crippen molar-refractivity contribution in [2.24, 2.45) is 11.1 Å². The van der Waals surface area contributed by atoms with Gasteiger partial charge in [-0.3, -0.25) is 0 Å². The molecule has 1 aromatic rings. The minimum absolute atomic E-state index is 0.0558. The zero-order valence-electron chi connectivity index (χ0n) is 12.9. The highest BCUT2D eigenvalue weighted by Crippen LogP contribution is 2.28. The molecule has 0 fully saturated rings. The van der Waals surface area contributed by atoms with Crippen LogP contribution in [0.25, 0.3) is 0 Å². The highest BCUT2D eigenvalue weighted by molar-refractivity contribution is 7.90. The van der Waals surface area contributed by atoms with E-state index in [2.05, 4.69) is 25.7 Å². The van der Waals surface area contributed by atoms with Gasteiger partial charge in [0.2, 0.25) is 0 Å². The topological polar surface area (TPSA) is 63.4 Å². The van der Waals surface area contributed by atoms with Crippen LogP contribution in [-0.2, 0) is 9.84 Å². The predicted molar refractivity (Wildman–Crippen MR) is 84.9 cm³/mol. The Balaban J connectivity index is 3.22. The third-order valence-electron chi connectivity index (χ3n) is 3.27. The molecule has 20 heavy (non-hydrogen) atoms. The second kappa shape index (κ2) is 6.59. The Morgan fingerprint density at radius 2 is 1.85 bits per heavy atom. The number of benzene rings is 1. The van der Waals surface area contributed by atoms with Crippen LogP contribution in [0.1, 0.15) is 27.2 Å². The van der Waals surface area contributed by atoms with Crippen molar-refractivity contribution in [3.05, 3.63) is 24.3 Å². The minimum atomic E-state index is -3.23. The lowest BCUT2D eigenvalue weighted by Crippen LogP contribution is -2.39. The Bertz CT molecular complexity index is 539. The number of anilines is 1. The largest absolute Gasteiger partial charge is 0.370 e. The van der Waals surface area contributed by atoms with E-state index in [4.69, 9.17) is 5.73 Å². The van der Waals surface area contributed by atoms with Gasteiger partial charge in [-0.15, -0.1) is 0 Å². The normalized spacial score (nSPS) is 12.4. The summed E-state index contributed by atoms with van der Waals surface area (Å²) in [6.45, 7) is 8.40. The van der Waals surface area contributed by atoms with Crippen molar-refractivity contribution in [2.45, 2.75) is 32.1 Å². The molecule has 0 aliphatic heterocycles. The summed E-state index contributed by atoms with van der Waals surface area (Å²) >= 11 is 0. The fourth-order valence-corrected chi connectivity index (χ4v) is 3.07. The average Bonchev–Trinajstić information content (AvgIpc) is 2.37. The van der Waals surface area contributed by atoms with Gasteiger partial charge in [-0.25, -0.2) is 8.42 Å². The molecule has 0 heterocycles. The van der Waals surface area contributed by atoms with Gasteiger partial charge in [-0.1, -0.05) is 32.9 Å². The molecule has 0 radical (unpaired) electrons. The number of para-hydroxylation sites is 1. The van der Waals surface area contributed by atoms with E-state index in [-0.39, 0.29) is 5.41 Å². The maximum atomic E-state index is 11.9. The highest BCUT2D eigenvalue weighted by atomic mass is 32.2. The van der Waals surface area contributed by atoms with Crippen molar-refractivity contribution in [1.29, 1.82) is 0 Å². The second-order valence-corrected chi connectivity index (χ2v) is 8.01. The van der Waals surface area contributed by atoms with Gasteiger partial charge in [0.25, 0.3) is 0 Å². The number of rotatable bonds is 7. The van der Waals surface area contributed by atoms with Crippen LogP contribution in [0.15, 0.2) is 29.2 Å². The zero-order chi connectivity index (χ0) is 15.4. The van der Waals surface area contributed by atoms with Crippen molar-refractivity contribution < 1.29 is 8.42 Å². The Morgan fingerprint density at radius 3 is 2.35 bits per heavy atom. The summed E-state index contributed by atoms with van der Waals surface area (Å²) in [5, 5.41) is 0. The van der Waals surface area contributed by atoms with Crippen LogP contribution in [0.2, 0.25) is 0 Å². The molecule has 0 amide bonds. The van der Waals surface area contributed by atoms with E-state index in [0.29, 0.717) is 11.4 Å². The smallest absolute Gasteiger partial charge is 0.177 e. The molecule has 0 aromatic heterocycles. The molecule has 114 valence electrons. The van der Waals surface area contributed by atoms with Gasteiger partial charge in [-0.05, 0) is 30.5 Å². The summed E-state index contributed by atoms with van der Waals surface area (Å²) in [7, 11) is -3.23. The highest BCUT2D eigenvalue weighted by Gasteiger charge is 2.23. The molecule has 4 nitrogen and oxygen atoms in total. The van der Waals surface area contributed by atoms with Crippen LogP contribution < -0.4 is 10.6 Å². The first-order valence-electron chi connectivity index (χ1n) is 6.95. The summed E-state index contributed by atoms with van der Waals surface area (Å²) < 4.78 is 23.9. The van der Waals surface area contributed by atoms with Gasteiger partial charge >= 0.3 is 0 Å². The van der Waals surface area contributed by atoms with Gasteiger partial charge in [0, 0.05) is 19.3 Å². The fraction of sp³-hybridized carbons (Fsp3) is 0.600. The molecular weight excluding hydrogens is 272 g/mol. The number of hydrogen-bond acceptors (Lipinski definition) is 4. The molecular formula is C15H26N2O2S. The van der Waals surface area contributed by atoms with E-state index in [1.54, 1.807) is 12.1 Å². The van der Waals surface area contributed by atoms with Crippen LogP contribution in [0.5, 0.6) is 0 Å². The number of nitrogens with zero attached hydrogens (tertiary/aromatic N) is 1. The van der Waals surface area contributed by atoms with E-state index in [1.807, 2.05) is 12.1 Å². The lowest BCUT2D eigenvalue weighted by molar-refractivity contribution is 0.377. The van der Waals surface area contributed by atoms with Crippen LogP contribution in [0, 0.1) is 5.41 Å². The van der Waals surface area contributed by atoms with Crippen LogP contribution in [-0.4, -0.2) is 34.3 Å². The van der Waals surface area contributed by atoms with Gasteiger partial charge in [0.15, 0.2) is 9.84 Å². The molecule has 0 saturated carbocycles. The van der Waals surface area contributed by atoms with Gasteiger partial charge in [-0.2, -0.15) is 0 Å². The Labute approximate surface area is 122 Å². The summed E-state index contributed by atoms with van der Waals surface area (Å²) in [6.07, 6.45) is 2.21. The average molecular weight is 298 g/mol. The van der Waals surface area contributed by atoms with Crippen molar-refractivity contribution in [3.63, 3.8) is 0 Å². The lowest BCUT2D eigenvalue weighted by atomic mass is 9.92. The van der Waals surface area contributed by atoms with E-state index in [0.717, 1.165) is 25.2 Å². The lowest BCUT2D eigenvalue weighted by Gasteiger charge is -2.34. The van der Waals surface area contributed by atoms with E-state index < -0.39 is 9.84 Å². The van der Waals surface area contributed by atoms with E-state index in [1.165, 1.54) is 6.26 Å². The Morgan fingerprint density at radius 1 is 1.25 bits per heavy atom. The van der Waals surface area contributed by atoms with Crippen molar-refractivity contribution in [1.82, 2.24) is 0 Å². The molecule has 1 aromatic carbocycles. The molecule has 0 aliphatic rings. The first-order valence-corrected chi connectivity index (χ1v) is 8.84. The van der Waals surface area contributed by atoms with Gasteiger partial charge < -0.3 is 10.6 Å². The molecule has 0 atom stereocenters. The summed E-state index contributed by atoms with van der Waals surface area (Å²) in [5.74, 6) is 0. The second-order valence-electron chi connectivity index (χ2n) is 6.03. The SMILES string of the molecule is CCCN(CC(C)(C)CN)c1ccccc1S(C)(=O)=O. The third-order valence-corrected chi connectivity index (χ3v) is 4.41. The molecule has 0 spiro atoms. The molecule has 5 heteroatoms. The number of sulfone groups is 1. The van der Waals surface area contributed by atoms with Crippen LogP contribution >= 0.6 is 0 Å². The summed E-state index contributed by atoms with van der Waals surface area (Å²) in [5.41, 5.74) is 6.53. The van der Waals surface area contributed by atoms with Crippen LogP contribution in [0.4, 0.5) is 5.69 Å². The van der Waals surface area contributed by atoms with Gasteiger partial charge in [0.1, 0.15) is 0 Å². The monoisotopic (exact) mass is 298 g/mol. The van der Waals surface area contributed by atoms with Gasteiger partial charge in [0.05, 0.1) is 10.6 Å². The standard InChI is InChI=1S/C15H26N2O2S/c1-5-10-17(12-15(2,3)11-16)13-8-6-7-9-14(13)20(4,18)19/h6-9H,5,10-12,16H2,1-4H3. The molecule has 2 N–H and O–H groups in total. The molecule has 0 unspecified atom stereocenters. The van der Waals surface area contributed by atoms with Crippen molar-refractivity contribution >= 4 is 15.5 Å². The summed E-state index contributed by atoms with van der Waals surface area (Å²) in [6, 6.07) is 7.18. The fourth-order valence-electron chi connectivity index (χ4n) is 2.17. The van der Waals surface area contributed by atoms with Crippen molar-refractivity contribution in [3.8, 4) is 0 Å². The number of nitrogens with two attached hydrogens (primary N) is 1. The maximum Gasteiger partial charge on any atom is 0.177 e. The zero-order valence-corrected chi connectivity index (χ0v) is 13.7. The quantitative estimate of drug-likeness (QED) is 0.839. The predicted octanol–water partition coefficient (Wildman–Crippen LogP) is 2.29. The van der Waals surface area contributed by atoms with E-state index >= 15 is 0 Å². The summed E-state index contributed by atoms with van der Waals surface area (Å²) in [4.78, 5) is 2.52. The van der Waals surface area contributed by atoms with Crippen LogP contribution in [0.3, 0.4) is 0 Å². The first kappa shape index (κ1) is 17.0. The molecule has 0 saturated heterocycles. The molecule has 1 rings (SSSR count). The van der Waals surface area contributed by atoms with Crippen molar-refractivity contribution in [2.75, 3.05) is 30.8 Å². The maximum absolute atomic E-state index is 11.9. The number of hydrogen-bond donors (Lipinski definition) is 1. The van der Waals surface area contributed by atoms with E-state index in [9.17, 15) is 8.42 Å². The Kier molecular flexibility index (Phi) is 5.59. The Hall–Kier alpha value is -1.07. The first-order chi connectivity index (χ1) is 9.21. The third kappa shape index (κ3) is 4.49. The molecule has 0 bridgehead atoms. The minimum Gasteiger partial charge on any atom is -0.370 e. The molecule has 0 aliphatic carbocycles.